The summed E-state index contributed by atoms with van der Waals surface area (Å²) in [6.45, 7) is 5.13. The van der Waals surface area contributed by atoms with E-state index in [1.807, 2.05) is 13.8 Å². The molecule has 0 aromatic heterocycles. The molecule has 0 fully saturated rings. The van der Waals surface area contributed by atoms with Crippen molar-refractivity contribution in [3.8, 4) is 5.75 Å². The van der Waals surface area contributed by atoms with Gasteiger partial charge in [-0.1, -0.05) is 13.8 Å². The van der Waals surface area contributed by atoms with Gasteiger partial charge >= 0.3 is 5.69 Å². The molecule has 7 heteroatoms. The molecule has 0 saturated carbocycles. The highest BCUT2D eigenvalue weighted by Crippen LogP contribution is 2.27. The minimum Gasteiger partial charge on any atom is -0.487 e. The number of carbonyl (C=O) groups excluding carboxylic acids is 1. The first-order chi connectivity index (χ1) is 9.41. The van der Waals surface area contributed by atoms with Crippen molar-refractivity contribution < 1.29 is 14.5 Å². The summed E-state index contributed by atoms with van der Waals surface area (Å²) in [7, 11) is 0. The topological polar surface area (TPSA) is 107 Å². The van der Waals surface area contributed by atoms with E-state index in [4.69, 9.17) is 10.5 Å². The van der Waals surface area contributed by atoms with E-state index in [-0.39, 0.29) is 17.0 Å². The maximum atomic E-state index is 11.1. The molecule has 0 spiro atoms. The lowest BCUT2D eigenvalue weighted by molar-refractivity contribution is -0.385. The molecular weight excluding hydrogens is 262 g/mol. The maximum Gasteiger partial charge on any atom is 0.310 e. The number of nitrogens with zero attached hydrogens (tertiary/aromatic N) is 1. The first-order valence-corrected chi connectivity index (χ1v) is 6.36. The highest BCUT2D eigenvalue weighted by atomic mass is 16.6. The van der Waals surface area contributed by atoms with Crippen molar-refractivity contribution >= 4 is 11.6 Å². The molecule has 0 heterocycles. The lowest BCUT2D eigenvalue weighted by Crippen LogP contribution is -2.24. The molecule has 0 unspecified atom stereocenters. The van der Waals surface area contributed by atoms with E-state index in [0.717, 1.165) is 6.54 Å². The first-order valence-electron chi connectivity index (χ1n) is 6.36. The fourth-order valence-electron chi connectivity index (χ4n) is 1.58. The van der Waals surface area contributed by atoms with Crippen molar-refractivity contribution in [3.63, 3.8) is 0 Å². The van der Waals surface area contributed by atoms with Gasteiger partial charge in [0.15, 0.2) is 5.75 Å². The molecule has 1 rings (SSSR count). The van der Waals surface area contributed by atoms with Crippen molar-refractivity contribution in [1.29, 1.82) is 0 Å². The van der Waals surface area contributed by atoms with E-state index in [1.54, 1.807) is 0 Å². The number of hydrogen-bond donors (Lipinski definition) is 2. The van der Waals surface area contributed by atoms with Gasteiger partial charge in [-0.2, -0.15) is 0 Å². The molecule has 0 aliphatic carbocycles. The number of carbonyl (C=O) groups is 1. The third-order valence-corrected chi connectivity index (χ3v) is 2.57. The number of primary amides is 1. The molecule has 0 bridgehead atoms. The Hall–Kier alpha value is -2.15. The molecular formula is C13H19N3O4. The summed E-state index contributed by atoms with van der Waals surface area (Å²) >= 11 is 0. The van der Waals surface area contributed by atoms with Crippen LogP contribution in [0.1, 0.15) is 30.6 Å². The van der Waals surface area contributed by atoms with Gasteiger partial charge in [0.2, 0.25) is 5.91 Å². The number of ether oxygens (including phenoxy) is 1. The van der Waals surface area contributed by atoms with E-state index in [0.29, 0.717) is 19.1 Å². The highest BCUT2D eigenvalue weighted by Gasteiger charge is 2.17. The SMILES string of the molecule is CC(C)NCCCOc1cc(C(N)=O)ccc1[N+](=O)[O-]. The Bertz CT molecular complexity index is 489. The third-order valence-electron chi connectivity index (χ3n) is 2.57. The lowest BCUT2D eigenvalue weighted by Gasteiger charge is -2.10. The number of amides is 1. The van der Waals surface area contributed by atoms with Crippen LogP contribution in [0.5, 0.6) is 5.75 Å². The fourth-order valence-corrected chi connectivity index (χ4v) is 1.58. The summed E-state index contributed by atoms with van der Waals surface area (Å²) in [5.41, 5.74) is 5.16. The van der Waals surface area contributed by atoms with Gasteiger partial charge < -0.3 is 15.8 Å². The summed E-state index contributed by atoms with van der Waals surface area (Å²) in [6, 6.07) is 4.22. The quantitative estimate of drug-likeness (QED) is 0.426. The number of nitro benzene ring substituents is 1. The predicted octanol–water partition coefficient (Wildman–Crippen LogP) is 1.46. The molecule has 110 valence electrons. The van der Waals surface area contributed by atoms with Crippen molar-refractivity contribution in [1.82, 2.24) is 5.32 Å². The number of hydrogen-bond acceptors (Lipinski definition) is 5. The van der Waals surface area contributed by atoms with Crippen LogP contribution in [0.4, 0.5) is 5.69 Å². The third kappa shape index (κ3) is 4.85. The molecule has 0 aliphatic heterocycles. The van der Waals surface area contributed by atoms with Gasteiger partial charge in [0.05, 0.1) is 11.5 Å². The van der Waals surface area contributed by atoms with Crippen LogP contribution in [0, 0.1) is 10.1 Å². The van der Waals surface area contributed by atoms with E-state index in [2.05, 4.69) is 5.32 Å². The van der Waals surface area contributed by atoms with E-state index in [9.17, 15) is 14.9 Å². The van der Waals surface area contributed by atoms with Crippen molar-refractivity contribution in [2.45, 2.75) is 26.3 Å². The zero-order valence-electron chi connectivity index (χ0n) is 11.6. The minimum atomic E-state index is -0.647. The second kappa shape index (κ2) is 7.44. The Labute approximate surface area is 117 Å². The summed E-state index contributed by atoms with van der Waals surface area (Å²) in [4.78, 5) is 21.4. The van der Waals surface area contributed by atoms with Gasteiger partial charge in [-0.3, -0.25) is 14.9 Å². The van der Waals surface area contributed by atoms with Crippen LogP contribution in [-0.4, -0.2) is 30.0 Å². The number of nitrogens with one attached hydrogen (secondary N) is 1. The van der Waals surface area contributed by atoms with Crippen molar-refractivity contribution in [2.75, 3.05) is 13.2 Å². The Morgan fingerprint density at radius 1 is 1.50 bits per heavy atom. The Balaban J connectivity index is 2.68. The second-order valence-corrected chi connectivity index (χ2v) is 4.61. The standard InChI is InChI=1S/C13H19N3O4/c1-9(2)15-6-3-7-20-12-8-10(13(14)17)4-5-11(12)16(18)19/h4-5,8-9,15H,3,6-7H2,1-2H3,(H2,14,17). The molecule has 1 amide bonds. The molecule has 7 nitrogen and oxygen atoms in total. The number of benzene rings is 1. The summed E-state index contributed by atoms with van der Waals surface area (Å²) in [5, 5.41) is 14.1. The van der Waals surface area contributed by atoms with Crippen LogP contribution in [0.15, 0.2) is 18.2 Å². The van der Waals surface area contributed by atoms with Gasteiger partial charge in [-0.15, -0.1) is 0 Å². The Kier molecular flexibility index (Phi) is 5.92. The molecule has 0 radical (unpaired) electrons. The van der Waals surface area contributed by atoms with Gasteiger partial charge in [0, 0.05) is 23.7 Å². The van der Waals surface area contributed by atoms with Crippen LogP contribution in [0.3, 0.4) is 0 Å². The second-order valence-electron chi connectivity index (χ2n) is 4.61. The monoisotopic (exact) mass is 281 g/mol. The molecule has 1 aromatic rings. The zero-order chi connectivity index (χ0) is 15.1. The summed E-state index contributed by atoms with van der Waals surface area (Å²) in [5.74, 6) is -0.581. The largest absolute Gasteiger partial charge is 0.487 e. The molecule has 1 aromatic carbocycles. The van der Waals surface area contributed by atoms with Crippen LogP contribution < -0.4 is 15.8 Å². The number of rotatable bonds is 8. The molecule has 20 heavy (non-hydrogen) atoms. The van der Waals surface area contributed by atoms with Crippen LogP contribution in [0.25, 0.3) is 0 Å². The number of nitro groups is 1. The Morgan fingerprint density at radius 2 is 2.20 bits per heavy atom. The van der Waals surface area contributed by atoms with E-state index < -0.39 is 10.8 Å². The van der Waals surface area contributed by atoms with Gasteiger partial charge in [-0.05, 0) is 19.0 Å². The molecule has 0 saturated heterocycles. The smallest absolute Gasteiger partial charge is 0.310 e. The average Bonchev–Trinajstić information content (AvgIpc) is 2.37. The summed E-state index contributed by atoms with van der Waals surface area (Å²) < 4.78 is 5.38. The van der Waals surface area contributed by atoms with Gasteiger partial charge in [0.1, 0.15) is 0 Å². The van der Waals surface area contributed by atoms with Crippen LogP contribution in [0.2, 0.25) is 0 Å². The maximum absolute atomic E-state index is 11.1. The van der Waals surface area contributed by atoms with E-state index >= 15 is 0 Å². The molecule has 0 atom stereocenters. The number of nitrogens with two attached hydrogens (primary N) is 1. The van der Waals surface area contributed by atoms with Crippen LogP contribution in [-0.2, 0) is 0 Å². The van der Waals surface area contributed by atoms with Crippen LogP contribution >= 0.6 is 0 Å². The fraction of sp³-hybridized carbons (Fsp3) is 0.462. The highest BCUT2D eigenvalue weighted by molar-refractivity contribution is 5.93. The predicted molar refractivity (Wildman–Crippen MR) is 74.9 cm³/mol. The van der Waals surface area contributed by atoms with Gasteiger partial charge in [-0.25, -0.2) is 0 Å². The lowest BCUT2D eigenvalue weighted by atomic mass is 10.2. The van der Waals surface area contributed by atoms with Crippen molar-refractivity contribution in [2.24, 2.45) is 5.73 Å². The van der Waals surface area contributed by atoms with E-state index in [1.165, 1.54) is 18.2 Å². The van der Waals surface area contributed by atoms with Crippen molar-refractivity contribution in [3.05, 3.63) is 33.9 Å². The summed E-state index contributed by atoms with van der Waals surface area (Å²) in [6.07, 6.45) is 0.704. The van der Waals surface area contributed by atoms with Gasteiger partial charge in [0.25, 0.3) is 0 Å². The first kappa shape index (κ1) is 15.9. The molecule has 3 N–H and O–H groups in total. The zero-order valence-corrected chi connectivity index (χ0v) is 11.6. The minimum absolute atomic E-state index is 0.0656. The molecule has 0 aliphatic rings. The Morgan fingerprint density at radius 3 is 2.75 bits per heavy atom. The normalized spacial score (nSPS) is 10.6. The average molecular weight is 281 g/mol.